The van der Waals surface area contributed by atoms with Crippen molar-refractivity contribution < 1.29 is 14.2 Å². The van der Waals surface area contributed by atoms with Crippen molar-refractivity contribution in [2.24, 2.45) is 0 Å². The molecule has 2 aliphatic rings. The first-order valence-corrected chi connectivity index (χ1v) is 13.6. The first-order valence-electron chi connectivity index (χ1n) is 13.6. The molecule has 3 heterocycles. The predicted octanol–water partition coefficient (Wildman–Crippen LogP) is 5.16. The summed E-state index contributed by atoms with van der Waals surface area (Å²) in [5, 5.41) is 7.67. The van der Waals surface area contributed by atoms with Gasteiger partial charge in [0.1, 0.15) is 17.7 Å². The monoisotopic (exact) mass is 526 g/mol. The molecule has 1 aliphatic carbocycles. The highest BCUT2D eigenvalue weighted by Crippen LogP contribution is 2.30. The van der Waals surface area contributed by atoms with Gasteiger partial charge in [-0.1, -0.05) is 18.2 Å². The Hall–Kier alpha value is -3.79. The van der Waals surface area contributed by atoms with Crippen LogP contribution >= 0.6 is 0 Å². The maximum Gasteiger partial charge on any atom is 0.229 e. The molecule has 2 aromatic heterocycles. The Morgan fingerprint density at radius 1 is 0.923 bits per heavy atom. The van der Waals surface area contributed by atoms with Crippen molar-refractivity contribution in [1.29, 1.82) is 0 Å². The molecule has 0 spiro atoms. The molecule has 202 valence electrons. The molecular formula is C30H34N6O3. The largest absolute Gasteiger partial charge is 0.490 e. The maximum atomic E-state index is 6.35. The summed E-state index contributed by atoms with van der Waals surface area (Å²) in [5.41, 5.74) is 2.71. The second-order valence-corrected chi connectivity index (χ2v) is 10.00. The normalized spacial score (nSPS) is 21.9. The average Bonchev–Trinajstić information content (AvgIpc) is 2.99. The summed E-state index contributed by atoms with van der Waals surface area (Å²) in [7, 11) is 1.81. The van der Waals surface area contributed by atoms with E-state index in [4.69, 9.17) is 14.2 Å². The standard InChI is InChI=1S/C30H34N6O3/c1-37-28-19-25(10-11-27(28)36-14-16-38-17-15-36)39-24-8-6-22(7-9-24)34-30-31-13-12-29(35-30)33-23-18-21-4-2-3-5-26(21)32-20-23/h2-9,12-13,18,20,25,27-28H,10-11,14-17,19H2,1H3,(H2,31,33,34,35)/t25-,27-,28-/m0/s1. The fourth-order valence-electron chi connectivity index (χ4n) is 5.48. The second-order valence-electron chi connectivity index (χ2n) is 10.00. The van der Waals surface area contributed by atoms with Crippen LogP contribution in [-0.2, 0) is 9.47 Å². The van der Waals surface area contributed by atoms with Crippen LogP contribution in [0, 0.1) is 0 Å². The zero-order valence-electron chi connectivity index (χ0n) is 22.1. The molecule has 9 heteroatoms. The summed E-state index contributed by atoms with van der Waals surface area (Å²) in [6.45, 7) is 3.57. The Bertz CT molecular complexity index is 1380. The summed E-state index contributed by atoms with van der Waals surface area (Å²) in [6, 6.07) is 20.3. The minimum Gasteiger partial charge on any atom is -0.490 e. The molecule has 1 saturated carbocycles. The van der Waals surface area contributed by atoms with Gasteiger partial charge in [0, 0.05) is 49.9 Å². The van der Waals surface area contributed by atoms with E-state index in [2.05, 4.69) is 36.6 Å². The molecule has 6 rings (SSSR count). The Labute approximate surface area is 228 Å². The molecule has 0 unspecified atom stereocenters. The molecule has 9 nitrogen and oxygen atoms in total. The number of benzene rings is 2. The van der Waals surface area contributed by atoms with Crippen molar-refractivity contribution in [3.8, 4) is 5.75 Å². The number of aromatic nitrogens is 3. The van der Waals surface area contributed by atoms with Gasteiger partial charge in [-0.15, -0.1) is 0 Å². The van der Waals surface area contributed by atoms with E-state index in [1.54, 1.807) is 12.4 Å². The van der Waals surface area contributed by atoms with Crippen LogP contribution in [0.1, 0.15) is 19.3 Å². The van der Waals surface area contributed by atoms with E-state index in [1.165, 1.54) is 0 Å². The van der Waals surface area contributed by atoms with E-state index < -0.39 is 0 Å². The molecule has 39 heavy (non-hydrogen) atoms. The molecule has 2 fully saturated rings. The number of nitrogens with zero attached hydrogens (tertiary/aromatic N) is 4. The van der Waals surface area contributed by atoms with E-state index in [-0.39, 0.29) is 12.2 Å². The van der Waals surface area contributed by atoms with Crippen LogP contribution in [0.15, 0.2) is 73.1 Å². The number of fused-ring (bicyclic) bond motifs is 1. The Morgan fingerprint density at radius 3 is 2.62 bits per heavy atom. The molecule has 1 saturated heterocycles. The molecule has 2 N–H and O–H groups in total. The Kier molecular flexibility index (Phi) is 7.80. The molecular weight excluding hydrogens is 492 g/mol. The number of hydrogen-bond acceptors (Lipinski definition) is 9. The third-order valence-electron chi connectivity index (χ3n) is 7.46. The molecule has 4 aromatic rings. The number of nitrogens with one attached hydrogen (secondary N) is 2. The highest BCUT2D eigenvalue weighted by molar-refractivity contribution is 5.82. The van der Waals surface area contributed by atoms with Gasteiger partial charge in [0.15, 0.2) is 0 Å². The number of hydrogen-bond donors (Lipinski definition) is 2. The van der Waals surface area contributed by atoms with Crippen molar-refractivity contribution in [2.75, 3.05) is 44.0 Å². The average molecular weight is 527 g/mol. The fraction of sp³-hybridized carbons (Fsp3) is 0.367. The molecule has 1 aliphatic heterocycles. The van der Waals surface area contributed by atoms with Crippen LogP contribution in [0.5, 0.6) is 5.75 Å². The summed E-state index contributed by atoms with van der Waals surface area (Å²) in [6.07, 6.45) is 6.82. The summed E-state index contributed by atoms with van der Waals surface area (Å²) < 4.78 is 17.8. The molecule has 0 amide bonds. The van der Waals surface area contributed by atoms with Crippen molar-refractivity contribution in [3.63, 3.8) is 0 Å². The highest BCUT2D eigenvalue weighted by atomic mass is 16.5. The Morgan fingerprint density at radius 2 is 1.77 bits per heavy atom. The smallest absolute Gasteiger partial charge is 0.229 e. The summed E-state index contributed by atoms with van der Waals surface area (Å²) >= 11 is 0. The lowest BCUT2D eigenvalue weighted by atomic mass is 9.88. The number of ether oxygens (including phenoxy) is 3. The van der Waals surface area contributed by atoms with Crippen LogP contribution < -0.4 is 15.4 Å². The number of methoxy groups -OCH3 is 1. The lowest BCUT2D eigenvalue weighted by Gasteiger charge is -2.43. The van der Waals surface area contributed by atoms with Gasteiger partial charge in [-0.25, -0.2) is 4.98 Å². The van der Waals surface area contributed by atoms with Gasteiger partial charge in [0.05, 0.1) is 36.7 Å². The third kappa shape index (κ3) is 6.27. The molecule has 0 bridgehead atoms. The van der Waals surface area contributed by atoms with Gasteiger partial charge in [-0.3, -0.25) is 9.88 Å². The highest BCUT2D eigenvalue weighted by Gasteiger charge is 2.35. The fourth-order valence-corrected chi connectivity index (χ4v) is 5.48. The first-order chi connectivity index (χ1) is 19.2. The van der Waals surface area contributed by atoms with E-state index in [1.807, 2.05) is 61.7 Å². The van der Waals surface area contributed by atoms with Crippen LogP contribution in [0.25, 0.3) is 10.9 Å². The quantitative estimate of drug-likeness (QED) is 0.323. The number of para-hydroxylation sites is 1. The van der Waals surface area contributed by atoms with Gasteiger partial charge in [0.2, 0.25) is 5.95 Å². The van der Waals surface area contributed by atoms with Crippen molar-refractivity contribution >= 4 is 34.0 Å². The zero-order valence-corrected chi connectivity index (χ0v) is 22.1. The number of rotatable bonds is 8. The minimum atomic E-state index is 0.140. The van der Waals surface area contributed by atoms with Crippen LogP contribution in [0.4, 0.5) is 23.1 Å². The molecule has 0 radical (unpaired) electrons. The summed E-state index contributed by atoms with van der Waals surface area (Å²) in [4.78, 5) is 16.0. The van der Waals surface area contributed by atoms with Crippen molar-refractivity contribution in [2.45, 2.75) is 37.5 Å². The maximum absolute atomic E-state index is 6.35. The Balaban J connectivity index is 1.04. The number of morpholine rings is 1. The van der Waals surface area contributed by atoms with Crippen LogP contribution in [-0.4, -0.2) is 71.5 Å². The third-order valence-corrected chi connectivity index (χ3v) is 7.46. The lowest BCUT2D eigenvalue weighted by Crippen LogP contribution is -2.53. The van der Waals surface area contributed by atoms with Gasteiger partial charge in [-0.05, 0) is 55.3 Å². The van der Waals surface area contributed by atoms with Gasteiger partial charge < -0.3 is 24.8 Å². The van der Waals surface area contributed by atoms with Crippen LogP contribution in [0.3, 0.4) is 0 Å². The van der Waals surface area contributed by atoms with Gasteiger partial charge in [0.25, 0.3) is 0 Å². The SMILES string of the molecule is CO[C@H]1C[C@@H](Oc2ccc(Nc3nccc(Nc4cnc5ccccc5c4)n3)cc2)CC[C@@H]1N1CCOCC1. The van der Waals surface area contributed by atoms with E-state index >= 15 is 0 Å². The van der Waals surface area contributed by atoms with Crippen LogP contribution in [0.2, 0.25) is 0 Å². The molecule has 2 aromatic carbocycles. The van der Waals surface area contributed by atoms with E-state index in [0.717, 1.165) is 73.6 Å². The summed E-state index contributed by atoms with van der Waals surface area (Å²) in [5.74, 6) is 2.04. The lowest BCUT2D eigenvalue weighted by molar-refractivity contribution is -0.0698. The van der Waals surface area contributed by atoms with Crippen molar-refractivity contribution in [3.05, 3.63) is 73.1 Å². The predicted molar refractivity (Wildman–Crippen MR) is 152 cm³/mol. The number of pyridine rings is 1. The van der Waals surface area contributed by atoms with E-state index in [0.29, 0.717) is 17.8 Å². The van der Waals surface area contributed by atoms with Gasteiger partial charge >= 0.3 is 0 Å². The number of anilines is 4. The topological polar surface area (TPSA) is 93.7 Å². The minimum absolute atomic E-state index is 0.140. The second kappa shape index (κ2) is 11.9. The van der Waals surface area contributed by atoms with E-state index in [9.17, 15) is 0 Å². The first kappa shape index (κ1) is 25.5. The zero-order chi connectivity index (χ0) is 26.4. The van der Waals surface area contributed by atoms with Crippen molar-refractivity contribution in [1.82, 2.24) is 19.9 Å². The van der Waals surface area contributed by atoms with Gasteiger partial charge in [-0.2, -0.15) is 4.98 Å². The molecule has 3 atom stereocenters.